The third kappa shape index (κ3) is 61.7. The van der Waals surface area contributed by atoms with Gasteiger partial charge in [-0.3, -0.25) is 4.79 Å². The highest BCUT2D eigenvalue weighted by atomic mass is 16.7. The minimum Gasteiger partial charge on any atom is -0.394 e. The Balaban J connectivity index is 2.01. The van der Waals surface area contributed by atoms with Crippen molar-refractivity contribution < 1.29 is 39.8 Å². The second-order valence-corrected chi connectivity index (χ2v) is 30.0. The Labute approximate surface area is 585 Å². The lowest BCUT2D eigenvalue weighted by molar-refractivity contribution is -0.302. The van der Waals surface area contributed by atoms with Gasteiger partial charge < -0.3 is 40.3 Å². The smallest absolute Gasteiger partial charge is 0.220 e. The van der Waals surface area contributed by atoms with E-state index < -0.39 is 49.5 Å². The molecule has 558 valence electrons. The molecule has 0 spiro atoms. The molecule has 1 aliphatic heterocycles. The van der Waals surface area contributed by atoms with Gasteiger partial charge in [0.05, 0.1) is 25.4 Å². The van der Waals surface area contributed by atoms with E-state index in [9.17, 15) is 30.3 Å². The summed E-state index contributed by atoms with van der Waals surface area (Å²) in [5, 5.41) is 55.1. The molecule has 9 nitrogen and oxygen atoms in total. The zero-order chi connectivity index (χ0) is 67.8. The summed E-state index contributed by atoms with van der Waals surface area (Å²) < 4.78 is 11.4. The van der Waals surface area contributed by atoms with Crippen molar-refractivity contribution in [1.29, 1.82) is 0 Å². The fourth-order valence-electron chi connectivity index (χ4n) is 14.2. The number of aliphatic hydroxyl groups excluding tert-OH is 5. The number of carbonyl (C=O) groups is 1. The molecule has 1 fully saturated rings. The molecule has 0 bridgehead atoms. The largest absolute Gasteiger partial charge is 0.394 e. The Bertz CT molecular complexity index is 1540. The Kier molecular flexibility index (Phi) is 71.7. The first-order chi connectivity index (χ1) is 46.3. The lowest BCUT2D eigenvalue weighted by Crippen LogP contribution is -2.60. The van der Waals surface area contributed by atoms with Crippen LogP contribution in [0.3, 0.4) is 0 Å². The van der Waals surface area contributed by atoms with E-state index in [1.807, 2.05) is 0 Å². The van der Waals surface area contributed by atoms with Gasteiger partial charge in [0.25, 0.3) is 0 Å². The standard InChI is InChI=1S/C85H165NO8/c1-3-5-7-9-11-13-15-17-19-21-23-25-27-29-31-33-35-36-37-38-39-40-41-42-43-44-45-47-49-51-53-55-57-59-61-63-65-67-69-71-73-75-81(89)86-78(77-93-85-84(92)83(91)82(90)80(76-87)94-85)79(88)74-72-70-68-66-64-62-60-58-56-54-52-50-48-46-34-32-30-28-26-24-22-20-18-16-14-12-10-8-6-4-2/h15,17,21,23,78-80,82-85,87-88,90-92H,3-14,16,18-20,22,24-77H2,1-2H3,(H,86,89)/b17-15-,23-21-. The number of nitrogens with one attached hydrogen (secondary N) is 1. The number of ether oxygens (including phenoxy) is 2. The van der Waals surface area contributed by atoms with Gasteiger partial charge in [-0.2, -0.15) is 0 Å². The maximum absolute atomic E-state index is 13.2. The van der Waals surface area contributed by atoms with Crippen LogP contribution >= 0.6 is 0 Å². The zero-order valence-corrected chi connectivity index (χ0v) is 63.0. The molecule has 0 aromatic rings. The minimum atomic E-state index is -1.55. The molecule has 9 heteroatoms. The lowest BCUT2D eigenvalue weighted by atomic mass is 9.99. The first-order valence-corrected chi connectivity index (χ1v) is 42.5. The van der Waals surface area contributed by atoms with Crippen LogP contribution in [0, 0.1) is 0 Å². The number of unbranched alkanes of at least 4 members (excludes halogenated alkanes) is 63. The first kappa shape index (κ1) is 90.7. The van der Waals surface area contributed by atoms with Crippen molar-refractivity contribution in [3.05, 3.63) is 24.3 Å². The summed E-state index contributed by atoms with van der Waals surface area (Å²) in [6, 6.07) is -0.718. The van der Waals surface area contributed by atoms with Crippen LogP contribution < -0.4 is 5.32 Å². The van der Waals surface area contributed by atoms with Gasteiger partial charge in [0, 0.05) is 6.42 Å². The number of aliphatic hydroxyl groups is 5. The van der Waals surface area contributed by atoms with Gasteiger partial charge >= 0.3 is 0 Å². The topological polar surface area (TPSA) is 149 Å². The summed E-state index contributed by atoms with van der Waals surface area (Å²) in [6.07, 6.45) is 93.2. The van der Waals surface area contributed by atoms with Gasteiger partial charge in [-0.25, -0.2) is 0 Å². The van der Waals surface area contributed by atoms with E-state index in [0.717, 1.165) is 44.9 Å². The van der Waals surface area contributed by atoms with Crippen molar-refractivity contribution in [3.8, 4) is 0 Å². The van der Waals surface area contributed by atoms with Crippen molar-refractivity contribution in [2.45, 2.75) is 500 Å². The monoisotopic (exact) mass is 1330 g/mol. The van der Waals surface area contributed by atoms with E-state index in [2.05, 4.69) is 43.5 Å². The van der Waals surface area contributed by atoms with E-state index in [1.165, 1.54) is 385 Å². The van der Waals surface area contributed by atoms with Crippen LogP contribution in [-0.2, 0) is 14.3 Å². The molecular weight excluding hydrogens is 1160 g/mol. The highest BCUT2D eigenvalue weighted by Crippen LogP contribution is 2.25. The Morgan fingerprint density at radius 2 is 0.628 bits per heavy atom. The van der Waals surface area contributed by atoms with Crippen LogP contribution in [0.2, 0.25) is 0 Å². The second-order valence-electron chi connectivity index (χ2n) is 30.0. The average Bonchev–Trinajstić information content (AvgIpc) is 0.831. The van der Waals surface area contributed by atoms with E-state index in [-0.39, 0.29) is 12.5 Å². The van der Waals surface area contributed by atoms with Crippen LogP contribution in [0.4, 0.5) is 0 Å². The molecule has 1 amide bonds. The fourth-order valence-corrected chi connectivity index (χ4v) is 14.2. The predicted molar refractivity (Wildman–Crippen MR) is 406 cm³/mol. The van der Waals surface area contributed by atoms with Gasteiger partial charge in [0.2, 0.25) is 5.91 Å². The van der Waals surface area contributed by atoms with Crippen LogP contribution in [0.5, 0.6) is 0 Å². The Hall–Kier alpha value is -1.33. The van der Waals surface area contributed by atoms with Gasteiger partial charge in [0.15, 0.2) is 6.29 Å². The molecule has 6 N–H and O–H groups in total. The molecule has 1 saturated heterocycles. The highest BCUT2D eigenvalue weighted by molar-refractivity contribution is 5.76. The molecule has 1 aliphatic rings. The van der Waals surface area contributed by atoms with Crippen molar-refractivity contribution in [1.82, 2.24) is 5.32 Å². The zero-order valence-electron chi connectivity index (χ0n) is 63.0. The molecule has 94 heavy (non-hydrogen) atoms. The van der Waals surface area contributed by atoms with Gasteiger partial charge in [-0.05, 0) is 44.9 Å². The quantitative estimate of drug-likeness (QED) is 0.0261. The SMILES string of the molecule is CCCCCCC/C=C\C/C=C\CCCCCCCCCCCCCCCCCCCCCCCCCCCCCCCC(=O)NC(COC1OC(CO)C(O)C(O)C1O)C(O)CCCCCCCCCCCCCCCCCCCCCCCCCCCCCCCC. The maximum Gasteiger partial charge on any atom is 0.220 e. The predicted octanol–water partition coefficient (Wildman–Crippen LogP) is 24.7. The maximum atomic E-state index is 13.2. The van der Waals surface area contributed by atoms with Crippen LogP contribution in [-0.4, -0.2) is 87.5 Å². The number of rotatable bonds is 77. The summed E-state index contributed by atoms with van der Waals surface area (Å²) >= 11 is 0. The Morgan fingerprint density at radius 3 is 0.915 bits per heavy atom. The minimum absolute atomic E-state index is 0.131. The number of hydrogen-bond acceptors (Lipinski definition) is 8. The summed E-state index contributed by atoms with van der Waals surface area (Å²) in [7, 11) is 0. The lowest BCUT2D eigenvalue weighted by Gasteiger charge is -2.40. The number of hydrogen-bond donors (Lipinski definition) is 6. The van der Waals surface area contributed by atoms with Crippen LogP contribution in [0.1, 0.15) is 457 Å². The summed E-state index contributed by atoms with van der Waals surface area (Å²) in [4.78, 5) is 13.2. The van der Waals surface area contributed by atoms with Crippen molar-refractivity contribution in [2.75, 3.05) is 13.2 Å². The van der Waals surface area contributed by atoms with Crippen LogP contribution in [0.25, 0.3) is 0 Å². The first-order valence-electron chi connectivity index (χ1n) is 42.5. The highest BCUT2D eigenvalue weighted by Gasteiger charge is 2.44. The summed E-state index contributed by atoms with van der Waals surface area (Å²) in [5.74, 6) is -0.132. The third-order valence-corrected chi connectivity index (χ3v) is 20.8. The van der Waals surface area contributed by atoms with Crippen molar-refractivity contribution in [3.63, 3.8) is 0 Å². The van der Waals surface area contributed by atoms with Crippen molar-refractivity contribution >= 4 is 5.91 Å². The molecule has 7 atom stereocenters. The van der Waals surface area contributed by atoms with Crippen LogP contribution in [0.15, 0.2) is 24.3 Å². The van der Waals surface area contributed by atoms with Gasteiger partial charge in [-0.15, -0.1) is 0 Å². The van der Waals surface area contributed by atoms with Gasteiger partial charge in [-0.1, -0.05) is 430 Å². The summed E-state index contributed by atoms with van der Waals surface area (Å²) in [6.45, 7) is 3.90. The molecule has 7 unspecified atom stereocenters. The molecule has 1 heterocycles. The number of carbonyl (C=O) groups excluding carboxylic acids is 1. The average molecular weight is 1330 g/mol. The van der Waals surface area contributed by atoms with E-state index in [0.29, 0.717) is 12.8 Å². The normalized spacial score (nSPS) is 17.5. The van der Waals surface area contributed by atoms with E-state index in [4.69, 9.17) is 9.47 Å². The second kappa shape index (κ2) is 74.4. The summed E-state index contributed by atoms with van der Waals surface area (Å²) in [5.41, 5.74) is 0. The molecule has 1 rings (SSSR count). The van der Waals surface area contributed by atoms with E-state index in [1.54, 1.807) is 0 Å². The molecule has 0 saturated carbocycles. The van der Waals surface area contributed by atoms with E-state index >= 15 is 0 Å². The molecule has 0 radical (unpaired) electrons. The van der Waals surface area contributed by atoms with Crippen molar-refractivity contribution in [2.24, 2.45) is 0 Å². The molecular formula is C85H165NO8. The fraction of sp³-hybridized carbons (Fsp3) is 0.941. The third-order valence-electron chi connectivity index (χ3n) is 20.8. The number of allylic oxidation sites excluding steroid dienone is 4. The number of amides is 1. The van der Waals surface area contributed by atoms with Gasteiger partial charge in [0.1, 0.15) is 24.4 Å². The molecule has 0 aliphatic carbocycles. The Morgan fingerprint density at radius 1 is 0.362 bits per heavy atom. The molecule has 0 aromatic carbocycles. The molecule has 0 aromatic heterocycles.